The Labute approximate surface area is 181 Å². The van der Waals surface area contributed by atoms with Gasteiger partial charge >= 0.3 is 6.03 Å². The molecule has 0 aromatic heterocycles. The van der Waals surface area contributed by atoms with Crippen LogP contribution < -0.4 is 4.90 Å². The fraction of sp³-hybridized carbons (Fsp3) is 0.409. The lowest BCUT2D eigenvalue weighted by Crippen LogP contribution is -2.49. The summed E-state index contributed by atoms with van der Waals surface area (Å²) < 4.78 is 13.7. The highest BCUT2D eigenvalue weighted by atomic mass is 35.5. The van der Waals surface area contributed by atoms with Crippen molar-refractivity contribution >= 4 is 34.9 Å². The molecule has 0 N–H and O–H groups in total. The Morgan fingerprint density at radius 3 is 2.28 bits per heavy atom. The second-order valence-electron chi connectivity index (χ2n) is 8.22. The second kappa shape index (κ2) is 8.23. The van der Waals surface area contributed by atoms with Crippen LogP contribution in [0.3, 0.4) is 0 Å². The summed E-state index contributed by atoms with van der Waals surface area (Å²) in [5, 5.41) is 1.13. The lowest BCUT2D eigenvalue weighted by atomic mass is 10.1. The molecule has 2 aliphatic rings. The van der Waals surface area contributed by atoms with E-state index in [2.05, 4.69) is 4.90 Å². The molecular weight excluding hydrogens is 412 g/mol. The number of amides is 2. The first kappa shape index (κ1) is 20.6. The van der Waals surface area contributed by atoms with Gasteiger partial charge in [0, 0.05) is 28.7 Å². The van der Waals surface area contributed by atoms with Gasteiger partial charge in [-0.3, -0.25) is 4.90 Å². The molecule has 0 radical (unpaired) electrons. The average molecular weight is 437 g/mol. The van der Waals surface area contributed by atoms with Crippen LogP contribution in [0.25, 0.3) is 0 Å². The highest BCUT2D eigenvalue weighted by Crippen LogP contribution is 2.34. The van der Waals surface area contributed by atoms with Gasteiger partial charge in [0.25, 0.3) is 0 Å². The number of piperidine rings is 1. The van der Waals surface area contributed by atoms with Crippen molar-refractivity contribution < 1.29 is 13.7 Å². The molecule has 2 amide bonds. The van der Waals surface area contributed by atoms with E-state index in [1.807, 2.05) is 24.1 Å². The molecule has 7 heteroatoms. The molecule has 0 saturated carbocycles. The third kappa shape index (κ3) is 4.29. The first-order valence-corrected chi connectivity index (χ1v) is 10.7. The van der Waals surface area contributed by atoms with Crippen molar-refractivity contribution in [1.29, 1.82) is 0 Å². The Bertz CT molecular complexity index is 881. The van der Waals surface area contributed by atoms with Crippen LogP contribution in [0.4, 0.5) is 14.9 Å². The van der Waals surface area contributed by atoms with Gasteiger partial charge in [0.1, 0.15) is 25.1 Å². The number of benzene rings is 2. The van der Waals surface area contributed by atoms with Crippen LogP contribution in [0, 0.1) is 5.82 Å². The Morgan fingerprint density at radius 1 is 1.03 bits per heavy atom. The van der Waals surface area contributed by atoms with Crippen LogP contribution in [-0.2, 0) is 6.54 Å². The molecular formula is C22H25Cl2FN3O+. The first-order chi connectivity index (χ1) is 13.9. The number of nitrogens with zero attached hydrogens (tertiary/aromatic N) is 3. The van der Waals surface area contributed by atoms with Gasteiger partial charge in [-0.15, -0.1) is 0 Å². The summed E-state index contributed by atoms with van der Waals surface area (Å²) in [7, 11) is 1.96. The maximum Gasteiger partial charge on any atom is 0.425 e. The number of hydrogen-bond acceptors (Lipinski definition) is 2. The number of likely N-dealkylation sites (N-methyl/N-ethyl adjacent to an activating group) is 1. The third-order valence-corrected chi connectivity index (χ3v) is 6.34. The fourth-order valence-electron chi connectivity index (χ4n) is 4.52. The molecule has 2 fully saturated rings. The second-order valence-corrected chi connectivity index (χ2v) is 9.09. The van der Waals surface area contributed by atoms with E-state index in [-0.39, 0.29) is 22.5 Å². The lowest BCUT2D eigenvalue weighted by Gasteiger charge is -2.34. The molecule has 2 aromatic carbocycles. The minimum absolute atomic E-state index is 0.00304. The summed E-state index contributed by atoms with van der Waals surface area (Å²) in [4.78, 5) is 17.9. The van der Waals surface area contributed by atoms with Crippen LogP contribution in [0.2, 0.25) is 10.0 Å². The number of likely N-dealkylation sites (tertiary alicyclic amines) is 1. The molecule has 0 aliphatic carbocycles. The number of quaternary nitrogens is 1. The normalized spacial score (nSPS) is 25.6. The number of anilines is 1. The molecule has 2 aliphatic heterocycles. The maximum atomic E-state index is 13.7. The van der Waals surface area contributed by atoms with E-state index in [0.29, 0.717) is 23.1 Å². The van der Waals surface area contributed by atoms with Crippen LogP contribution in [0.5, 0.6) is 0 Å². The summed E-state index contributed by atoms with van der Waals surface area (Å²) in [6.45, 7) is 3.10. The van der Waals surface area contributed by atoms with E-state index in [4.69, 9.17) is 23.2 Å². The monoisotopic (exact) mass is 436 g/mol. The van der Waals surface area contributed by atoms with Crippen molar-refractivity contribution in [2.24, 2.45) is 0 Å². The van der Waals surface area contributed by atoms with Gasteiger partial charge in [-0.25, -0.2) is 18.6 Å². The predicted molar refractivity (Wildman–Crippen MR) is 115 cm³/mol. The molecule has 0 bridgehead atoms. The lowest BCUT2D eigenvalue weighted by molar-refractivity contribution is -0.835. The highest BCUT2D eigenvalue weighted by Gasteiger charge is 2.52. The maximum absolute atomic E-state index is 13.7. The van der Waals surface area contributed by atoms with Crippen molar-refractivity contribution in [3.05, 3.63) is 63.9 Å². The van der Waals surface area contributed by atoms with Crippen LogP contribution >= 0.6 is 23.2 Å². The molecule has 29 heavy (non-hydrogen) atoms. The molecule has 2 unspecified atom stereocenters. The van der Waals surface area contributed by atoms with Crippen molar-refractivity contribution in [2.45, 2.75) is 32.0 Å². The Kier molecular flexibility index (Phi) is 5.85. The van der Waals surface area contributed by atoms with E-state index in [0.717, 1.165) is 37.2 Å². The van der Waals surface area contributed by atoms with Crippen molar-refractivity contribution in [2.75, 3.05) is 31.6 Å². The molecule has 2 aromatic rings. The topological polar surface area (TPSA) is 23.6 Å². The predicted octanol–water partition coefficient (Wildman–Crippen LogP) is 5.53. The number of carbonyl (C=O) groups is 1. The molecule has 0 spiro atoms. The van der Waals surface area contributed by atoms with E-state index in [1.165, 1.54) is 18.6 Å². The smallest absolute Gasteiger partial charge is 0.278 e. The van der Waals surface area contributed by atoms with Crippen LogP contribution in [-0.4, -0.2) is 48.3 Å². The standard InChI is InChI=1S/C22H25Cl2FN3O/c1-28(14-16-11-17(23)13-18(24)12-16)15-21(26-9-3-2-4-10-26)27(22(28)29)20-7-5-19(25)6-8-20/h5-8,11-13,21H,2-4,9-10,14-15H2,1H3/q+1. The molecule has 4 rings (SSSR count). The van der Waals surface area contributed by atoms with Gasteiger partial charge in [0.05, 0.1) is 12.7 Å². The zero-order chi connectivity index (χ0) is 20.6. The van der Waals surface area contributed by atoms with Crippen molar-refractivity contribution in [1.82, 2.24) is 4.90 Å². The first-order valence-electron chi connectivity index (χ1n) is 9.99. The summed E-state index contributed by atoms with van der Waals surface area (Å²) in [5.41, 5.74) is 1.66. The minimum atomic E-state index is -0.305. The number of halogens is 3. The number of hydrogen-bond donors (Lipinski definition) is 0. The molecule has 2 saturated heterocycles. The molecule has 2 atom stereocenters. The van der Waals surface area contributed by atoms with E-state index < -0.39 is 0 Å². The zero-order valence-electron chi connectivity index (χ0n) is 16.5. The van der Waals surface area contributed by atoms with Gasteiger partial charge in [0.2, 0.25) is 0 Å². The number of urea groups is 1. The Hall–Kier alpha value is -1.66. The SMILES string of the molecule is C[N+]1(Cc2cc(Cl)cc(Cl)c2)CC(N2CCCCC2)N(c2ccc(F)cc2)C1=O. The number of carbonyl (C=O) groups excluding carboxylic acids is 1. The van der Waals surface area contributed by atoms with E-state index in [9.17, 15) is 9.18 Å². The van der Waals surface area contributed by atoms with Gasteiger partial charge in [0.15, 0.2) is 0 Å². The summed E-state index contributed by atoms with van der Waals surface area (Å²) in [6.07, 6.45) is 3.44. The Balaban J connectivity index is 1.68. The van der Waals surface area contributed by atoms with Crippen molar-refractivity contribution in [3.63, 3.8) is 0 Å². The summed E-state index contributed by atoms with van der Waals surface area (Å²) >= 11 is 12.4. The summed E-state index contributed by atoms with van der Waals surface area (Å²) in [6, 6.07) is 11.6. The van der Waals surface area contributed by atoms with Gasteiger partial charge in [-0.05, 0) is 55.3 Å². The van der Waals surface area contributed by atoms with Crippen LogP contribution in [0.1, 0.15) is 24.8 Å². The van der Waals surface area contributed by atoms with Gasteiger partial charge < -0.3 is 0 Å². The highest BCUT2D eigenvalue weighted by molar-refractivity contribution is 6.34. The minimum Gasteiger partial charge on any atom is -0.278 e. The molecule has 4 nitrogen and oxygen atoms in total. The molecule has 154 valence electrons. The Morgan fingerprint density at radius 2 is 1.66 bits per heavy atom. The quantitative estimate of drug-likeness (QED) is 0.588. The average Bonchev–Trinajstić information content (AvgIpc) is 2.93. The van der Waals surface area contributed by atoms with Crippen molar-refractivity contribution in [3.8, 4) is 0 Å². The molecule has 2 heterocycles. The largest absolute Gasteiger partial charge is 0.425 e. The van der Waals surface area contributed by atoms with E-state index in [1.54, 1.807) is 18.2 Å². The third-order valence-electron chi connectivity index (χ3n) is 5.90. The summed E-state index contributed by atoms with van der Waals surface area (Å²) in [5.74, 6) is -0.305. The van der Waals surface area contributed by atoms with Gasteiger partial charge in [-0.2, -0.15) is 0 Å². The zero-order valence-corrected chi connectivity index (χ0v) is 18.0. The fourth-order valence-corrected chi connectivity index (χ4v) is 5.10. The van der Waals surface area contributed by atoms with E-state index >= 15 is 0 Å². The number of rotatable bonds is 4. The van der Waals surface area contributed by atoms with Crippen LogP contribution in [0.15, 0.2) is 42.5 Å². The van der Waals surface area contributed by atoms with Gasteiger partial charge in [-0.1, -0.05) is 29.6 Å².